The Bertz CT molecular complexity index is 641. The number of aromatic hydroxyl groups is 1. The molecule has 0 heterocycles. The lowest BCUT2D eigenvalue weighted by Crippen LogP contribution is -2.42. The van der Waals surface area contributed by atoms with Gasteiger partial charge in [-0.05, 0) is 85.0 Å². The van der Waals surface area contributed by atoms with Crippen LogP contribution in [0.5, 0.6) is 5.75 Å². The van der Waals surface area contributed by atoms with Crippen LogP contribution in [0, 0.1) is 23.7 Å². The zero-order chi connectivity index (χ0) is 16.8. The monoisotopic (exact) mass is 330 g/mol. The third kappa shape index (κ3) is 2.52. The number of esters is 1. The molecule has 3 aliphatic rings. The fourth-order valence-electron chi connectivity index (χ4n) is 5.89. The van der Waals surface area contributed by atoms with Crippen LogP contribution in [0.4, 0.5) is 0 Å². The predicted octanol–water partition coefficient (Wildman–Crippen LogP) is 3.01. The quantitative estimate of drug-likeness (QED) is 0.818. The maximum absolute atomic E-state index is 12.0. The lowest BCUT2D eigenvalue weighted by atomic mass is 9.56. The van der Waals surface area contributed by atoms with Crippen LogP contribution in [0.25, 0.3) is 0 Å². The lowest BCUT2D eigenvalue weighted by Gasteiger charge is -2.48. The number of methoxy groups -OCH3 is 1. The van der Waals surface area contributed by atoms with Gasteiger partial charge in [0.2, 0.25) is 0 Å². The normalized spacial score (nSPS) is 37.2. The molecule has 0 aromatic heterocycles. The van der Waals surface area contributed by atoms with E-state index in [9.17, 15) is 15.0 Å². The molecule has 2 saturated carbocycles. The van der Waals surface area contributed by atoms with Crippen LogP contribution in [0.2, 0.25) is 0 Å². The molecule has 24 heavy (non-hydrogen) atoms. The smallest absolute Gasteiger partial charge is 0.305 e. The Labute approximate surface area is 142 Å². The van der Waals surface area contributed by atoms with Gasteiger partial charge >= 0.3 is 5.97 Å². The summed E-state index contributed by atoms with van der Waals surface area (Å²) in [5.74, 6) is 2.17. The van der Waals surface area contributed by atoms with Gasteiger partial charge in [-0.1, -0.05) is 6.07 Å². The van der Waals surface area contributed by atoms with Gasteiger partial charge in [-0.3, -0.25) is 4.79 Å². The van der Waals surface area contributed by atoms with Gasteiger partial charge in [0.05, 0.1) is 13.2 Å². The van der Waals surface area contributed by atoms with Crippen molar-refractivity contribution in [1.82, 2.24) is 0 Å². The topological polar surface area (TPSA) is 66.8 Å². The van der Waals surface area contributed by atoms with E-state index in [1.54, 1.807) is 6.07 Å². The number of aryl methyl sites for hydroxylation is 1. The molecule has 4 heteroatoms. The van der Waals surface area contributed by atoms with E-state index in [1.165, 1.54) is 18.2 Å². The van der Waals surface area contributed by atoms with Crippen molar-refractivity contribution in [1.29, 1.82) is 0 Å². The van der Waals surface area contributed by atoms with E-state index in [1.807, 2.05) is 6.07 Å². The van der Waals surface area contributed by atoms with Crippen molar-refractivity contribution in [2.24, 2.45) is 23.7 Å². The Balaban J connectivity index is 1.72. The standard InChI is InChI=1S/C20H26O4/c1-24-19(23)10-12-9-17-15(6-7-18(17)22)16-4-2-11-8-13(21)3-5-14(11)20(12)16/h3,5,8,12,15-18,20-22H,2,4,6-7,9-10H2,1H3/t12-,15?,16?,17?,18+,20?/m1/s1. The molecule has 4 unspecified atom stereocenters. The molecule has 2 fully saturated rings. The van der Waals surface area contributed by atoms with Crippen molar-refractivity contribution < 1.29 is 19.7 Å². The van der Waals surface area contributed by atoms with Gasteiger partial charge in [0.15, 0.2) is 0 Å². The number of aliphatic hydroxyl groups is 1. The number of hydrogen-bond donors (Lipinski definition) is 2. The van der Waals surface area contributed by atoms with Gasteiger partial charge in [0.1, 0.15) is 5.75 Å². The molecule has 0 saturated heterocycles. The van der Waals surface area contributed by atoms with Gasteiger partial charge < -0.3 is 14.9 Å². The minimum absolute atomic E-state index is 0.157. The highest BCUT2D eigenvalue weighted by molar-refractivity contribution is 5.69. The fraction of sp³-hybridized carbons (Fsp3) is 0.650. The first kappa shape index (κ1) is 15.9. The Hall–Kier alpha value is -1.55. The van der Waals surface area contributed by atoms with Crippen LogP contribution in [0.1, 0.15) is 49.1 Å². The molecule has 0 spiro atoms. The number of ether oxygens (including phenoxy) is 1. The number of phenols is 1. The highest BCUT2D eigenvalue weighted by atomic mass is 16.5. The minimum Gasteiger partial charge on any atom is -0.508 e. The maximum Gasteiger partial charge on any atom is 0.305 e. The number of carbonyl (C=O) groups excluding carboxylic acids is 1. The fourth-order valence-corrected chi connectivity index (χ4v) is 5.89. The number of aliphatic hydroxyl groups excluding tert-OH is 1. The van der Waals surface area contributed by atoms with E-state index in [-0.39, 0.29) is 18.0 Å². The average molecular weight is 330 g/mol. The molecule has 0 aliphatic heterocycles. The van der Waals surface area contributed by atoms with Gasteiger partial charge in [-0.2, -0.15) is 0 Å². The van der Waals surface area contributed by atoms with Crippen molar-refractivity contribution in [2.45, 2.75) is 50.5 Å². The van der Waals surface area contributed by atoms with E-state index in [0.29, 0.717) is 35.8 Å². The van der Waals surface area contributed by atoms with Crippen molar-refractivity contribution >= 4 is 5.97 Å². The Morgan fingerprint density at radius 1 is 1.21 bits per heavy atom. The first-order valence-corrected chi connectivity index (χ1v) is 9.15. The maximum atomic E-state index is 12.0. The number of fused-ring (bicyclic) bond motifs is 5. The Kier molecular flexibility index (Phi) is 4.03. The summed E-state index contributed by atoms with van der Waals surface area (Å²) >= 11 is 0. The van der Waals surface area contributed by atoms with Gasteiger partial charge in [-0.25, -0.2) is 0 Å². The number of hydrogen-bond acceptors (Lipinski definition) is 4. The highest BCUT2D eigenvalue weighted by Crippen LogP contribution is 2.58. The van der Waals surface area contributed by atoms with E-state index < -0.39 is 0 Å². The largest absolute Gasteiger partial charge is 0.508 e. The summed E-state index contributed by atoms with van der Waals surface area (Å²) in [5, 5.41) is 20.2. The molecule has 3 aliphatic carbocycles. The zero-order valence-corrected chi connectivity index (χ0v) is 14.1. The summed E-state index contributed by atoms with van der Waals surface area (Å²) in [5.41, 5.74) is 2.53. The van der Waals surface area contributed by atoms with Crippen LogP contribution >= 0.6 is 0 Å². The summed E-state index contributed by atoms with van der Waals surface area (Å²) in [6.07, 6.45) is 5.19. The first-order valence-electron chi connectivity index (χ1n) is 9.15. The van der Waals surface area contributed by atoms with Crippen LogP contribution < -0.4 is 0 Å². The molecular weight excluding hydrogens is 304 g/mol. The number of benzene rings is 1. The number of rotatable bonds is 2. The van der Waals surface area contributed by atoms with Crippen molar-refractivity contribution in [3.05, 3.63) is 29.3 Å². The summed E-state index contributed by atoms with van der Waals surface area (Å²) in [4.78, 5) is 12.0. The SMILES string of the molecule is COC(=O)C[C@H]1CC2C(CC[C@@H]2O)C2CCc3cc(O)ccc3C21. The minimum atomic E-state index is -0.211. The van der Waals surface area contributed by atoms with E-state index in [2.05, 4.69) is 6.07 Å². The van der Waals surface area contributed by atoms with Gasteiger partial charge in [-0.15, -0.1) is 0 Å². The molecule has 130 valence electrons. The molecule has 6 atom stereocenters. The Morgan fingerprint density at radius 2 is 2.04 bits per heavy atom. The summed E-state index contributed by atoms with van der Waals surface area (Å²) in [7, 11) is 1.45. The van der Waals surface area contributed by atoms with Crippen molar-refractivity contribution in [3.8, 4) is 5.75 Å². The van der Waals surface area contributed by atoms with Gasteiger partial charge in [0, 0.05) is 6.42 Å². The number of phenolic OH excluding ortho intramolecular Hbond substituents is 1. The van der Waals surface area contributed by atoms with Crippen molar-refractivity contribution in [3.63, 3.8) is 0 Å². The third-order valence-electron chi connectivity index (χ3n) is 6.82. The summed E-state index contributed by atoms with van der Waals surface area (Å²) < 4.78 is 4.94. The van der Waals surface area contributed by atoms with E-state index in [0.717, 1.165) is 32.1 Å². The molecule has 1 aromatic rings. The second-order valence-corrected chi connectivity index (χ2v) is 7.86. The first-order chi connectivity index (χ1) is 11.6. The Morgan fingerprint density at radius 3 is 2.83 bits per heavy atom. The molecule has 4 nitrogen and oxygen atoms in total. The molecule has 0 amide bonds. The average Bonchev–Trinajstić information content (AvgIpc) is 2.95. The number of carbonyl (C=O) groups is 1. The highest BCUT2D eigenvalue weighted by Gasteiger charge is 2.51. The summed E-state index contributed by atoms with van der Waals surface area (Å²) in [6, 6.07) is 5.71. The predicted molar refractivity (Wildman–Crippen MR) is 89.6 cm³/mol. The molecule has 1 aromatic carbocycles. The third-order valence-corrected chi connectivity index (χ3v) is 6.82. The van der Waals surface area contributed by atoms with Crippen LogP contribution in [-0.2, 0) is 16.0 Å². The van der Waals surface area contributed by atoms with E-state index >= 15 is 0 Å². The van der Waals surface area contributed by atoms with Crippen molar-refractivity contribution in [2.75, 3.05) is 7.11 Å². The zero-order valence-electron chi connectivity index (χ0n) is 14.1. The second-order valence-electron chi connectivity index (χ2n) is 7.86. The van der Waals surface area contributed by atoms with Crippen LogP contribution in [0.3, 0.4) is 0 Å². The molecule has 0 bridgehead atoms. The molecule has 0 radical (unpaired) electrons. The van der Waals surface area contributed by atoms with Crippen LogP contribution in [0.15, 0.2) is 18.2 Å². The lowest BCUT2D eigenvalue weighted by molar-refractivity contribution is -0.143. The van der Waals surface area contributed by atoms with E-state index in [4.69, 9.17) is 4.74 Å². The molecular formula is C20H26O4. The van der Waals surface area contributed by atoms with Gasteiger partial charge in [0.25, 0.3) is 0 Å². The van der Waals surface area contributed by atoms with Crippen LogP contribution in [-0.4, -0.2) is 29.4 Å². The second kappa shape index (κ2) is 6.07. The summed E-state index contributed by atoms with van der Waals surface area (Å²) in [6.45, 7) is 0. The molecule has 2 N–H and O–H groups in total. The molecule has 4 rings (SSSR count).